The summed E-state index contributed by atoms with van der Waals surface area (Å²) in [6.45, 7) is 3.65. The van der Waals surface area contributed by atoms with Crippen LogP contribution in [0.3, 0.4) is 0 Å². The van der Waals surface area contributed by atoms with Gasteiger partial charge in [-0.05, 0) is 48.9 Å². The summed E-state index contributed by atoms with van der Waals surface area (Å²) in [5.74, 6) is 1.62. The molecule has 0 aliphatic carbocycles. The van der Waals surface area contributed by atoms with Crippen LogP contribution >= 0.6 is 11.6 Å². The highest BCUT2D eigenvalue weighted by atomic mass is 35.5. The molecule has 0 aliphatic heterocycles. The van der Waals surface area contributed by atoms with E-state index in [4.69, 9.17) is 16.3 Å². The van der Waals surface area contributed by atoms with Crippen molar-refractivity contribution >= 4 is 11.6 Å². The quantitative estimate of drug-likeness (QED) is 0.816. The lowest BCUT2D eigenvalue weighted by atomic mass is 10.1. The maximum Gasteiger partial charge on any atom is 0.127 e. The molecule has 0 atom stereocenters. The van der Waals surface area contributed by atoms with Gasteiger partial charge >= 0.3 is 0 Å². The van der Waals surface area contributed by atoms with Crippen LogP contribution in [0, 0.1) is 0 Å². The van der Waals surface area contributed by atoms with Gasteiger partial charge in [0.25, 0.3) is 0 Å². The Morgan fingerprint density at radius 2 is 1.78 bits per heavy atom. The average molecular weight is 261 g/mol. The molecule has 0 amide bonds. The lowest BCUT2D eigenvalue weighted by Gasteiger charge is -2.08. The standard InChI is InChI=1S/C15H13ClO2/c1-2-3-11-10-14(8-9-15(11)17)18-13-6-4-12(16)5-7-13/h2,4-10,17H,1,3H2. The largest absolute Gasteiger partial charge is 0.508 e. The van der Waals surface area contributed by atoms with E-state index in [1.165, 1.54) is 0 Å². The van der Waals surface area contributed by atoms with Crippen molar-refractivity contribution in [2.24, 2.45) is 0 Å². The molecule has 0 saturated carbocycles. The molecule has 0 unspecified atom stereocenters. The van der Waals surface area contributed by atoms with E-state index >= 15 is 0 Å². The lowest BCUT2D eigenvalue weighted by molar-refractivity contribution is 0.459. The molecule has 0 bridgehead atoms. The third kappa shape index (κ3) is 3.05. The van der Waals surface area contributed by atoms with Crippen LogP contribution in [0.2, 0.25) is 5.02 Å². The van der Waals surface area contributed by atoms with Crippen LogP contribution in [-0.2, 0) is 6.42 Å². The number of phenols is 1. The molecule has 0 radical (unpaired) electrons. The molecule has 0 saturated heterocycles. The molecule has 3 heteroatoms. The van der Waals surface area contributed by atoms with E-state index in [9.17, 15) is 5.11 Å². The van der Waals surface area contributed by atoms with E-state index in [1.807, 2.05) is 0 Å². The van der Waals surface area contributed by atoms with Gasteiger partial charge in [0.05, 0.1) is 0 Å². The smallest absolute Gasteiger partial charge is 0.127 e. The van der Waals surface area contributed by atoms with Gasteiger partial charge in [0, 0.05) is 10.6 Å². The van der Waals surface area contributed by atoms with Gasteiger partial charge in [0.1, 0.15) is 17.2 Å². The van der Waals surface area contributed by atoms with Crippen molar-refractivity contribution in [2.75, 3.05) is 0 Å². The Balaban J connectivity index is 2.21. The van der Waals surface area contributed by atoms with Gasteiger partial charge in [-0.25, -0.2) is 0 Å². The Kier molecular flexibility index (Phi) is 3.90. The fourth-order valence-corrected chi connectivity index (χ4v) is 1.71. The first-order valence-corrected chi connectivity index (χ1v) is 5.93. The highest BCUT2D eigenvalue weighted by Gasteiger charge is 2.03. The molecule has 0 aromatic heterocycles. The van der Waals surface area contributed by atoms with Crippen molar-refractivity contribution in [3.05, 3.63) is 65.7 Å². The molecule has 0 spiro atoms. The zero-order valence-corrected chi connectivity index (χ0v) is 10.5. The minimum atomic E-state index is 0.248. The Morgan fingerprint density at radius 3 is 2.44 bits per heavy atom. The summed E-state index contributed by atoms with van der Waals surface area (Å²) in [6, 6.07) is 12.3. The molecule has 92 valence electrons. The monoisotopic (exact) mass is 260 g/mol. The number of ether oxygens (including phenoxy) is 1. The van der Waals surface area contributed by atoms with Crippen LogP contribution in [-0.4, -0.2) is 5.11 Å². The van der Waals surface area contributed by atoms with Gasteiger partial charge in [-0.3, -0.25) is 0 Å². The van der Waals surface area contributed by atoms with Crippen LogP contribution in [0.15, 0.2) is 55.1 Å². The molecule has 18 heavy (non-hydrogen) atoms. The first-order chi connectivity index (χ1) is 8.69. The van der Waals surface area contributed by atoms with Gasteiger partial charge in [0.2, 0.25) is 0 Å². The number of halogens is 1. The van der Waals surface area contributed by atoms with Gasteiger partial charge in [-0.1, -0.05) is 17.7 Å². The van der Waals surface area contributed by atoms with E-state index in [0.29, 0.717) is 22.9 Å². The molecule has 2 rings (SSSR count). The molecule has 2 aromatic carbocycles. The van der Waals surface area contributed by atoms with E-state index in [2.05, 4.69) is 6.58 Å². The summed E-state index contributed by atoms with van der Waals surface area (Å²) in [7, 11) is 0. The summed E-state index contributed by atoms with van der Waals surface area (Å²) in [5.41, 5.74) is 0.788. The third-order valence-corrected chi connectivity index (χ3v) is 2.72. The maximum absolute atomic E-state index is 9.65. The Labute approximate surface area is 111 Å². The van der Waals surface area contributed by atoms with Crippen molar-refractivity contribution < 1.29 is 9.84 Å². The van der Waals surface area contributed by atoms with Gasteiger partial charge in [0.15, 0.2) is 0 Å². The van der Waals surface area contributed by atoms with E-state index < -0.39 is 0 Å². The highest BCUT2D eigenvalue weighted by molar-refractivity contribution is 6.30. The average Bonchev–Trinajstić information content (AvgIpc) is 2.37. The number of phenolic OH excluding ortho intramolecular Hbond substituents is 1. The van der Waals surface area contributed by atoms with Gasteiger partial charge < -0.3 is 9.84 Å². The first-order valence-electron chi connectivity index (χ1n) is 5.55. The van der Waals surface area contributed by atoms with Crippen LogP contribution in [0.4, 0.5) is 0 Å². The van der Waals surface area contributed by atoms with Gasteiger partial charge in [-0.15, -0.1) is 6.58 Å². The second kappa shape index (κ2) is 5.61. The minimum absolute atomic E-state index is 0.248. The van der Waals surface area contributed by atoms with Crippen molar-refractivity contribution in [3.63, 3.8) is 0 Å². The van der Waals surface area contributed by atoms with Crippen LogP contribution in [0.1, 0.15) is 5.56 Å². The normalized spacial score (nSPS) is 10.1. The Morgan fingerprint density at radius 1 is 1.11 bits per heavy atom. The van der Waals surface area contributed by atoms with E-state index in [1.54, 1.807) is 48.5 Å². The Bertz CT molecular complexity index is 547. The van der Waals surface area contributed by atoms with Gasteiger partial charge in [-0.2, -0.15) is 0 Å². The predicted molar refractivity (Wildman–Crippen MR) is 73.5 cm³/mol. The molecule has 2 aromatic rings. The topological polar surface area (TPSA) is 29.5 Å². The summed E-state index contributed by atoms with van der Waals surface area (Å²) in [6.07, 6.45) is 2.34. The van der Waals surface area contributed by atoms with Crippen molar-refractivity contribution in [2.45, 2.75) is 6.42 Å². The number of benzene rings is 2. The molecular formula is C15H13ClO2. The van der Waals surface area contributed by atoms with Crippen molar-refractivity contribution in [3.8, 4) is 17.2 Å². The fraction of sp³-hybridized carbons (Fsp3) is 0.0667. The fourth-order valence-electron chi connectivity index (χ4n) is 1.58. The molecule has 0 fully saturated rings. The molecular weight excluding hydrogens is 248 g/mol. The number of aromatic hydroxyl groups is 1. The maximum atomic E-state index is 9.65. The molecule has 2 nitrogen and oxygen atoms in total. The summed E-state index contributed by atoms with van der Waals surface area (Å²) in [4.78, 5) is 0. The number of hydrogen-bond acceptors (Lipinski definition) is 2. The molecule has 0 heterocycles. The zero-order valence-electron chi connectivity index (χ0n) is 9.77. The predicted octanol–water partition coefficient (Wildman–Crippen LogP) is 4.57. The minimum Gasteiger partial charge on any atom is -0.508 e. The van der Waals surface area contributed by atoms with Crippen molar-refractivity contribution in [1.29, 1.82) is 0 Å². The highest BCUT2D eigenvalue weighted by Crippen LogP contribution is 2.28. The lowest BCUT2D eigenvalue weighted by Crippen LogP contribution is -1.87. The van der Waals surface area contributed by atoms with E-state index in [0.717, 1.165) is 5.56 Å². The van der Waals surface area contributed by atoms with Crippen molar-refractivity contribution in [1.82, 2.24) is 0 Å². The second-order valence-corrected chi connectivity index (χ2v) is 4.28. The number of allylic oxidation sites excluding steroid dienone is 1. The van der Waals surface area contributed by atoms with Crippen LogP contribution < -0.4 is 4.74 Å². The zero-order chi connectivity index (χ0) is 13.0. The molecule has 1 N–H and O–H groups in total. The third-order valence-electron chi connectivity index (χ3n) is 2.46. The summed E-state index contributed by atoms with van der Waals surface area (Å²) < 4.78 is 5.67. The Hall–Kier alpha value is -1.93. The molecule has 0 aliphatic rings. The van der Waals surface area contributed by atoms with Crippen LogP contribution in [0.25, 0.3) is 0 Å². The van der Waals surface area contributed by atoms with E-state index in [-0.39, 0.29) is 5.75 Å². The summed E-state index contributed by atoms with van der Waals surface area (Å²) >= 11 is 5.80. The van der Waals surface area contributed by atoms with Crippen LogP contribution in [0.5, 0.6) is 17.2 Å². The number of hydrogen-bond donors (Lipinski definition) is 1. The first kappa shape index (κ1) is 12.5. The second-order valence-electron chi connectivity index (χ2n) is 3.84. The SMILES string of the molecule is C=CCc1cc(Oc2ccc(Cl)cc2)ccc1O. The number of rotatable bonds is 4. The summed E-state index contributed by atoms with van der Waals surface area (Å²) in [5, 5.41) is 10.3.